The molecule has 5 nitrogen and oxygen atoms in total. The molecule has 128 valence electrons. The molecule has 1 aromatic carbocycles. The topological polar surface area (TPSA) is 71.9 Å². The lowest BCUT2D eigenvalue weighted by molar-refractivity contribution is -0.116. The monoisotopic (exact) mass is 328 g/mol. The van der Waals surface area contributed by atoms with Gasteiger partial charge < -0.3 is 4.98 Å². The van der Waals surface area contributed by atoms with Crippen molar-refractivity contribution in [2.45, 2.75) is 58.9 Å². The van der Waals surface area contributed by atoms with Gasteiger partial charge in [0.2, 0.25) is 0 Å². The Balaban J connectivity index is 2.07. The van der Waals surface area contributed by atoms with Crippen LogP contribution in [0.3, 0.4) is 0 Å². The van der Waals surface area contributed by atoms with Gasteiger partial charge in [-0.05, 0) is 55.7 Å². The molecule has 24 heavy (non-hydrogen) atoms. The van der Waals surface area contributed by atoms with Gasteiger partial charge in [-0.3, -0.25) is 14.2 Å². The van der Waals surface area contributed by atoms with Crippen LogP contribution in [0.25, 0.3) is 10.9 Å². The van der Waals surface area contributed by atoms with Crippen LogP contribution in [0.1, 0.15) is 58.1 Å². The van der Waals surface area contributed by atoms with Crippen LogP contribution in [0.4, 0.5) is 0 Å². The quantitative estimate of drug-likeness (QED) is 0.941. The Morgan fingerprint density at radius 1 is 1.25 bits per heavy atom. The summed E-state index contributed by atoms with van der Waals surface area (Å²) < 4.78 is 1.38. The standard InChI is InChI=1S/C19H24N2O3/c1-12(22)10-13-4-5-16-15(11-13)17(23)21(18(24)20-16)14-6-8-19(2,3)9-7-14/h4-5,11,14H,6-10H2,1-3H3,(H,20,24). The number of aromatic nitrogens is 2. The van der Waals surface area contributed by atoms with Crippen LogP contribution in [0.15, 0.2) is 27.8 Å². The molecule has 1 aliphatic rings. The van der Waals surface area contributed by atoms with Gasteiger partial charge in [-0.2, -0.15) is 0 Å². The first-order valence-corrected chi connectivity index (χ1v) is 8.54. The van der Waals surface area contributed by atoms with E-state index in [-0.39, 0.29) is 28.5 Å². The van der Waals surface area contributed by atoms with Crippen LogP contribution in [0.5, 0.6) is 0 Å². The molecule has 1 saturated carbocycles. The van der Waals surface area contributed by atoms with Crippen molar-refractivity contribution in [2.75, 3.05) is 0 Å². The molecule has 1 aromatic heterocycles. The van der Waals surface area contributed by atoms with Gasteiger partial charge in [0.25, 0.3) is 5.56 Å². The molecule has 2 aromatic rings. The van der Waals surface area contributed by atoms with E-state index in [1.54, 1.807) is 18.2 Å². The number of carbonyl (C=O) groups is 1. The second kappa shape index (κ2) is 6.04. The third kappa shape index (κ3) is 3.21. The van der Waals surface area contributed by atoms with Crippen molar-refractivity contribution < 1.29 is 4.79 Å². The Kier molecular flexibility index (Phi) is 4.20. The molecule has 1 heterocycles. The predicted octanol–water partition coefficient (Wildman–Crippen LogP) is 2.96. The van der Waals surface area contributed by atoms with Crippen molar-refractivity contribution in [3.8, 4) is 0 Å². The Morgan fingerprint density at radius 2 is 1.92 bits per heavy atom. The van der Waals surface area contributed by atoms with Gasteiger partial charge in [0.05, 0.1) is 10.9 Å². The van der Waals surface area contributed by atoms with Gasteiger partial charge in [0, 0.05) is 12.5 Å². The highest BCUT2D eigenvalue weighted by molar-refractivity contribution is 5.82. The second-order valence-electron chi connectivity index (χ2n) is 7.76. The van der Waals surface area contributed by atoms with Crippen LogP contribution in [0, 0.1) is 5.41 Å². The molecule has 0 aliphatic heterocycles. The van der Waals surface area contributed by atoms with Crippen LogP contribution < -0.4 is 11.2 Å². The van der Waals surface area contributed by atoms with Crippen molar-refractivity contribution in [1.82, 2.24) is 9.55 Å². The van der Waals surface area contributed by atoms with Crippen molar-refractivity contribution >= 4 is 16.7 Å². The lowest BCUT2D eigenvalue weighted by Gasteiger charge is -2.34. The van der Waals surface area contributed by atoms with E-state index < -0.39 is 0 Å². The number of ketones is 1. The van der Waals surface area contributed by atoms with Gasteiger partial charge in [0.15, 0.2) is 0 Å². The van der Waals surface area contributed by atoms with Gasteiger partial charge in [-0.25, -0.2) is 4.79 Å². The summed E-state index contributed by atoms with van der Waals surface area (Å²) in [4.78, 5) is 39.5. The van der Waals surface area contributed by atoms with E-state index in [0.29, 0.717) is 17.3 Å². The normalized spacial score (nSPS) is 18.0. The molecule has 0 spiro atoms. The fraction of sp³-hybridized carbons (Fsp3) is 0.526. The number of carbonyl (C=O) groups excluding carboxylic acids is 1. The summed E-state index contributed by atoms with van der Waals surface area (Å²) in [5.74, 6) is 0.0496. The SMILES string of the molecule is CC(=O)Cc1ccc2[nH]c(=O)n(C3CCC(C)(C)CC3)c(=O)c2c1. The molecule has 1 N–H and O–H groups in total. The number of rotatable bonds is 3. The second-order valence-corrected chi connectivity index (χ2v) is 7.76. The molecule has 3 rings (SSSR count). The molecule has 5 heteroatoms. The maximum Gasteiger partial charge on any atom is 0.329 e. The van der Waals surface area contributed by atoms with Gasteiger partial charge in [-0.15, -0.1) is 0 Å². The minimum absolute atomic E-state index is 0.0462. The number of nitrogens with one attached hydrogen (secondary N) is 1. The first-order chi connectivity index (χ1) is 11.3. The number of hydrogen-bond acceptors (Lipinski definition) is 3. The van der Waals surface area contributed by atoms with Crippen molar-refractivity contribution in [1.29, 1.82) is 0 Å². The molecule has 1 fully saturated rings. The van der Waals surface area contributed by atoms with Crippen LogP contribution in [0.2, 0.25) is 0 Å². The summed E-state index contributed by atoms with van der Waals surface area (Å²) in [5, 5.41) is 0.484. The lowest BCUT2D eigenvalue weighted by Crippen LogP contribution is -2.40. The average molecular weight is 328 g/mol. The Bertz CT molecular complexity index is 895. The number of hydrogen-bond donors (Lipinski definition) is 1. The summed E-state index contributed by atoms with van der Waals surface area (Å²) in [7, 11) is 0. The average Bonchev–Trinajstić information content (AvgIpc) is 2.49. The van der Waals surface area contributed by atoms with Crippen molar-refractivity contribution in [3.05, 3.63) is 44.6 Å². The highest BCUT2D eigenvalue weighted by atomic mass is 16.2. The fourth-order valence-electron chi connectivity index (χ4n) is 3.65. The van der Waals surface area contributed by atoms with Crippen LogP contribution >= 0.6 is 0 Å². The number of H-pyrrole nitrogens is 1. The van der Waals surface area contributed by atoms with Crippen molar-refractivity contribution in [2.24, 2.45) is 5.41 Å². The van der Waals surface area contributed by atoms with E-state index in [1.165, 1.54) is 11.5 Å². The Hall–Kier alpha value is -2.17. The lowest BCUT2D eigenvalue weighted by atomic mass is 9.75. The Labute approximate surface area is 140 Å². The largest absolute Gasteiger partial charge is 0.329 e. The van der Waals surface area contributed by atoms with Gasteiger partial charge in [-0.1, -0.05) is 19.9 Å². The minimum atomic E-state index is -0.337. The molecular formula is C19H24N2O3. The summed E-state index contributed by atoms with van der Waals surface area (Å²) in [6.07, 6.45) is 3.99. The van der Waals surface area contributed by atoms with E-state index in [9.17, 15) is 14.4 Å². The number of aromatic amines is 1. The fourth-order valence-corrected chi connectivity index (χ4v) is 3.65. The number of benzene rings is 1. The summed E-state index contributed by atoms with van der Waals surface area (Å²) in [6.45, 7) is 5.98. The van der Waals surface area contributed by atoms with Gasteiger partial charge >= 0.3 is 5.69 Å². The van der Waals surface area contributed by atoms with E-state index in [2.05, 4.69) is 18.8 Å². The van der Waals surface area contributed by atoms with E-state index in [4.69, 9.17) is 0 Å². The molecule has 0 amide bonds. The summed E-state index contributed by atoms with van der Waals surface area (Å²) >= 11 is 0. The minimum Gasteiger partial charge on any atom is -0.307 e. The van der Waals surface area contributed by atoms with E-state index in [0.717, 1.165) is 31.2 Å². The zero-order chi connectivity index (χ0) is 17.5. The van der Waals surface area contributed by atoms with E-state index in [1.807, 2.05) is 0 Å². The third-order valence-corrected chi connectivity index (χ3v) is 5.12. The zero-order valence-corrected chi connectivity index (χ0v) is 14.5. The molecule has 0 unspecified atom stereocenters. The van der Waals surface area contributed by atoms with E-state index >= 15 is 0 Å². The summed E-state index contributed by atoms with van der Waals surface area (Å²) in [5.41, 5.74) is 1.03. The maximum atomic E-state index is 12.9. The number of nitrogens with zero attached hydrogens (tertiary/aromatic N) is 1. The smallest absolute Gasteiger partial charge is 0.307 e. The van der Waals surface area contributed by atoms with Crippen LogP contribution in [-0.2, 0) is 11.2 Å². The van der Waals surface area contributed by atoms with Crippen molar-refractivity contribution in [3.63, 3.8) is 0 Å². The molecule has 0 radical (unpaired) electrons. The molecule has 0 atom stereocenters. The first-order valence-electron chi connectivity index (χ1n) is 8.54. The zero-order valence-electron chi connectivity index (χ0n) is 14.5. The van der Waals surface area contributed by atoms with Gasteiger partial charge in [0.1, 0.15) is 5.78 Å². The maximum absolute atomic E-state index is 12.9. The highest BCUT2D eigenvalue weighted by Gasteiger charge is 2.29. The molecule has 0 bridgehead atoms. The molecular weight excluding hydrogens is 304 g/mol. The Morgan fingerprint density at radius 3 is 2.54 bits per heavy atom. The first kappa shape index (κ1) is 16.7. The summed E-state index contributed by atoms with van der Waals surface area (Å²) in [6, 6.07) is 5.19. The molecule has 0 saturated heterocycles. The third-order valence-electron chi connectivity index (χ3n) is 5.12. The number of Topliss-reactive ketones (excluding diaryl/α,β-unsaturated/α-hetero) is 1. The molecule has 1 aliphatic carbocycles. The predicted molar refractivity (Wildman–Crippen MR) is 94.5 cm³/mol. The van der Waals surface area contributed by atoms with Crippen LogP contribution in [-0.4, -0.2) is 15.3 Å². The number of fused-ring (bicyclic) bond motifs is 1. The highest BCUT2D eigenvalue weighted by Crippen LogP contribution is 2.39.